The Morgan fingerprint density at radius 2 is 1.81 bits per heavy atom. The van der Waals surface area contributed by atoms with Crippen molar-refractivity contribution < 1.29 is 18.6 Å². The zero-order valence-electron chi connectivity index (χ0n) is 11.7. The summed E-state index contributed by atoms with van der Waals surface area (Å²) in [6.45, 7) is 0.273. The topological polar surface area (TPSA) is 53.7 Å². The van der Waals surface area contributed by atoms with Crippen LogP contribution in [0.3, 0.4) is 0 Å². The minimum atomic E-state index is -0.419. The van der Waals surface area contributed by atoms with Crippen molar-refractivity contribution in [3.63, 3.8) is 0 Å². The second-order valence-corrected chi connectivity index (χ2v) is 5.14. The van der Waals surface area contributed by atoms with Crippen LogP contribution in [0.4, 0.5) is 10.1 Å². The van der Waals surface area contributed by atoms with Gasteiger partial charge in [-0.15, -0.1) is 0 Å². The van der Waals surface area contributed by atoms with E-state index in [1.54, 1.807) is 20.3 Å². The molecule has 0 saturated carbocycles. The number of nitrogen functional groups attached to an aromatic ring is 1. The van der Waals surface area contributed by atoms with E-state index in [2.05, 4.69) is 15.9 Å². The average Bonchev–Trinajstić information content (AvgIpc) is 2.45. The summed E-state index contributed by atoms with van der Waals surface area (Å²) in [6.07, 6.45) is 0. The van der Waals surface area contributed by atoms with Gasteiger partial charge in [0.05, 0.1) is 24.4 Å². The summed E-state index contributed by atoms with van der Waals surface area (Å²) in [6, 6.07) is 7.98. The molecular weight excluding hydrogens is 341 g/mol. The molecule has 0 fully saturated rings. The van der Waals surface area contributed by atoms with E-state index < -0.39 is 5.82 Å². The predicted molar refractivity (Wildman–Crippen MR) is 82.4 cm³/mol. The summed E-state index contributed by atoms with van der Waals surface area (Å²) in [4.78, 5) is 0. The molecule has 0 aliphatic heterocycles. The molecule has 2 N–H and O–H groups in total. The molecule has 0 bridgehead atoms. The van der Waals surface area contributed by atoms with Crippen LogP contribution in [-0.2, 0) is 6.61 Å². The quantitative estimate of drug-likeness (QED) is 0.829. The Hall–Kier alpha value is -1.95. The number of halogens is 2. The van der Waals surface area contributed by atoms with Crippen molar-refractivity contribution in [1.29, 1.82) is 0 Å². The van der Waals surface area contributed by atoms with Crippen molar-refractivity contribution in [2.45, 2.75) is 6.61 Å². The van der Waals surface area contributed by atoms with Gasteiger partial charge in [-0.25, -0.2) is 4.39 Å². The highest BCUT2D eigenvalue weighted by molar-refractivity contribution is 9.10. The Kier molecular flexibility index (Phi) is 4.90. The second kappa shape index (κ2) is 6.67. The highest BCUT2D eigenvalue weighted by Crippen LogP contribution is 2.34. The normalized spacial score (nSPS) is 10.3. The predicted octanol–water partition coefficient (Wildman–Crippen LogP) is 3.77. The van der Waals surface area contributed by atoms with Gasteiger partial charge in [-0.05, 0) is 39.7 Å². The van der Waals surface area contributed by atoms with Gasteiger partial charge in [0.15, 0.2) is 17.2 Å². The van der Waals surface area contributed by atoms with Crippen LogP contribution in [-0.4, -0.2) is 14.2 Å². The van der Waals surface area contributed by atoms with Gasteiger partial charge in [0.1, 0.15) is 12.4 Å². The summed E-state index contributed by atoms with van der Waals surface area (Å²) < 4.78 is 29.7. The van der Waals surface area contributed by atoms with Gasteiger partial charge in [-0.3, -0.25) is 0 Å². The van der Waals surface area contributed by atoms with E-state index >= 15 is 0 Å². The van der Waals surface area contributed by atoms with E-state index in [1.165, 1.54) is 12.1 Å². The molecule has 21 heavy (non-hydrogen) atoms. The molecule has 0 aromatic heterocycles. The molecule has 0 amide bonds. The number of ether oxygens (including phenoxy) is 3. The lowest BCUT2D eigenvalue weighted by Crippen LogP contribution is -2.01. The van der Waals surface area contributed by atoms with Crippen molar-refractivity contribution in [1.82, 2.24) is 0 Å². The first-order valence-corrected chi connectivity index (χ1v) is 6.92. The van der Waals surface area contributed by atoms with Crippen molar-refractivity contribution in [3.8, 4) is 17.2 Å². The maximum Gasteiger partial charge on any atom is 0.161 e. The number of nitrogens with two attached hydrogens (primary N) is 1. The largest absolute Gasteiger partial charge is 0.493 e. The van der Waals surface area contributed by atoms with Crippen molar-refractivity contribution in [2.75, 3.05) is 20.0 Å². The van der Waals surface area contributed by atoms with Gasteiger partial charge in [-0.1, -0.05) is 6.07 Å². The molecule has 0 heterocycles. The molecule has 0 aliphatic carbocycles. The van der Waals surface area contributed by atoms with E-state index in [0.717, 1.165) is 5.56 Å². The zero-order valence-corrected chi connectivity index (χ0v) is 13.2. The van der Waals surface area contributed by atoms with Crippen LogP contribution < -0.4 is 19.9 Å². The summed E-state index contributed by atoms with van der Waals surface area (Å²) >= 11 is 3.23. The Labute approximate surface area is 130 Å². The summed E-state index contributed by atoms with van der Waals surface area (Å²) in [5.74, 6) is 1.25. The van der Waals surface area contributed by atoms with Crippen LogP contribution in [0.25, 0.3) is 0 Å². The summed E-state index contributed by atoms with van der Waals surface area (Å²) in [5, 5.41) is 0. The molecule has 0 spiro atoms. The Balaban J connectivity index is 2.17. The number of rotatable bonds is 5. The maximum absolute atomic E-state index is 13.2. The minimum absolute atomic E-state index is 0.238. The molecule has 6 heteroatoms. The smallest absolute Gasteiger partial charge is 0.161 e. The molecule has 0 radical (unpaired) electrons. The van der Waals surface area contributed by atoms with E-state index in [-0.39, 0.29) is 12.3 Å². The molecule has 4 nitrogen and oxygen atoms in total. The Morgan fingerprint density at radius 3 is 2.43 bits per heavy atom. The zero-order chi connectivity index (χ0) is 15.4. The fraction of sp³-hybridized carbons (Fsp3) is 0.200. The van der Waals surface area contributed by atoms with Gasteiger partial charge in [0.2, 0.25) is 0 Å². The van der Waals surface area contributed by atoms with Gasteiger partial charge in [0.25, 0.3) is 0 Å². The summed E-state index contributed by atoms with van der Waals surface area (Å²) in [5.41, 5.74) is 6.86. The monoisotopic (exact) mass is 355 g/mol. The van der Waals surface area contributed by atoms with Crippen LogP contribution in [0.2, 0.25) is 0 Å². The van der Waals surface area contributed by atoms with Crippen molar-refractivity contribution in [3.05, 3.63) is 46.2 Å². The Bertz CT molecular complexity index is 626. The van der Waals surface area contributed by atoms with Crippen LogP contribution in [0.15, 0.2) is 34.8 Å². The lowest BCUT2D eigenvalue weighted by molar-refractivity contribution is 0.303. The highest BCUT2D eigenvalue weighted by Gasteiger charge is 2.10. The standard InChI is InChI=1S/C15H15BrFNO3/c1-19-13-4-3-9(5-14(13)20-2)8-21-15-11(16)6-10(17)7-12(15)18/h3-7H,8,18H2,1-2H3. The molecule has 2 aromatic carbocycles. The second-order valence-electron chi connectivity index (χ2n) is 4.28. The van der Waals surface area contributed by atoms with Gasteiger partial charge in [-0.2, -0.15) is 0 Å². The van der Waals surface area contributed by atoms with Gasteiger partial charge < -0.3 is 19.9 Å². The van der Waals surface area contributed by atoms with Gasteiger partial charge >= 0.3 is 0 Å². The Morgan fingerprint density at radius 1 is 1.10 bits per heavy atom. The molecule has 0 unspecified atom stereocenters. The molecule has 0 saturated heterocycles. The fourth-order valence-electron chi connectivity index (χ4n) is 1.86. The van der Waals surface area contributed by atoms with Crippen molar-refractivity contribution in [2.24, 2.45) is 0 Å². The number of hydrogen-bond acceptors (Lipinski definition) is 4. The van der Waals surface area contributed by atoms with E-state index in [0.29, 0.717) is 21.7 Å². The van der Waals surface area contributed by atoms with E-state index in [9.17, 15) is 4.39 Å². The fourth-order valence-corrected chi connectivity index (χ4v) is 2.42. The molecule has 0 aliphatic rings. The maximum atomic E-state index is 13.2. The molecule has 112 valence electrons. The molecule has 0 atom stereocenters. The van der Waals surface area contributed by atoms with Crippen molar-refractivity contribution >= 4 is 21.6 Å². The van der Waals surface area contributed by atoms with Crippen LogP contribution >= 0.6 is 15.9 Å². The first-order valence-electron chi connectivity index (χ1n) is 6.13. The highest BCUT2D eigenvalue weighted by atomic mass is 79.9. The number of methoxy groups -OCH3 is 2. The number of anilines is 1. The SMILES string of the molecule is COc1ccc(COc2c(N)cc(F)cc2Br)cc1OC. The van der Waals surface area contributed by atoms with Crippen LogP contribution in [0.1, 0.15) is 5.56 Å². The van der Waals surface area contributed by atoms with Crippen LogP contribution in [0.5, 0.6) is 17.2 Å². The molecule has 2 aromatic rings. The lowest BCUT2D eigenvalue weighted by Gasteiger charge is -2.13. The average molecular weight is 356 g/mol. The van der Waals surface area contributed by atoms with E-state index in [4.69, 9.17) is 19.9 Å². The third kappa shape index (κ3) is 3.58. The van der Waals surface area contributed by atoms with Crippen LogP contribution in [0, 0.1) is 5.82 Å². The number of benzene rings is 2. The number of hydrogen-bond donors (Lipinski definition) is 1. The third-order valence-electron chi connectivity index (χ3n) is 2.87. The van der Waals surface area contributed by atoms with E-state index in [1.807, 2.05) is 12.1 Å². The lowest BCUT2D eigenvalue weighted by atomic mass is 10.2. The molecular formula is C15H15BrFNO3. The first-order chi connectivity index (χ1) is 10.0. The third-order valence-corrected chi connectivity index (χ3v) is 3.46. The summed E-state index contributed by atoms with van der Waals surface area (Å²) in [7, 11) is 3.14. The minimum Gasteiger partial charge on any atom is -0.493 e. The van der Waals surface area contributed by atoms with Gasteiger partial charge in [0, 0.05) is 6.07 Å². The molecule has 2 rings (SSSR count). The first kappa shape index (κ1) is 15.4.